The van der Waals surface area contributed by atoms with Gasteiger partial charge in [-0.1, -0.05) is 0 Å². The molecule has 1 heterocycles. The predicted molar refractivity (Wildman–Crippen MR) is 96.9 cm³/mol. The normalized spacial score (nSPS) is 11.1. The molecule has 0 radical (unpaired) electrons. The molecule has 0 bridgehead atoms. The van der Waals surface area contributed by atoms with Gasteiger partial charge in [-0.3, -0.25) is 0 Å². The maximum Gasteiger partial charge on any atom is 0.191 e. The second-order valence-corrected chi connectivity index (χ2v) is 5.17. The SMILES string of the molecule is CCNC(=NCc1nncn1C)NCCCCSC.I. The first-order valence-electron chi connectivity index (χ1n) is 6.62. The lowest BCUT2D eigenvalue weighted by Crippen LogP contribution is -2.37. The second-order valence-electron chi connectivity index (χ2n) is 4.18. The van der Waals surface area contributed by atoms with Crippen molar-refractivity contribution in [3.63, 3.8) is 0 Å². The van der Waals surface area contributed by atoms with Crippen molar-refractivity contribution in [1.29, 1.82) is 0 Å². The van der Waals surface area contributed by atoms with Gasteiger partial charge in [0.1, 0.15) is 12.9 Å². The molecule has 116 valence electrons. The van der Waals surface area contributed by atoms with E-state index in [9.17, 15) is 0 Å². The van der Waals surface area contributed by atoms with Crippen molar-refractivity contribution < 1.29 is 0 Å². The summed E-state index contributed by atoms with van der Waals surface area (Å²) in [5, 5.41) is 14.4. The molecule has 6 nitrogen and oxygen atoms in total. The number of nitrogens with one attached hydrogen (secondary N) is 2. The van der Waals surface area contributed by atoms with Crippen molar-refractivity contribution in [2.24, 2.45) is 12.0 Å². The van der Waals surface area contributed by atoms with E-state index in [1.807, 2.05) is 23.4 Å². The first kappa shape index (κ1) is 19.5. The van der Waals surface area contributed by atoms with E-state index in [0.717, 1.165) is 31.3 Å². The minimum absolute atomic E-state index is 0. The quantitative estimate of drug-likeness (QED) is 0.294. The van der Waals surface area contributed by atoms with Crippen LogP contribution in [-0.2, 0) is 13.6 Å². The van der Waals surface area contributed by atoms with Crippen LogP contribution in [0.3, 0.4) is 0 Å². The van der Waals surface area contributed by atoms with Gasteiger partial charge < -0.3 is 15.2 Å². The van der Waals surface area contributed by atoms with Crippen LogP contribution in [0.2, 0.25) is 0 Å². The van der Waals surface area contributed by atoms with Gasteiger partial charge >= 0.3 is 0 Å². The van der Waals surface area contributed by atoms with Crippen LogP contribution in [0.1, 0.15) is 25.6 Å². The summed E-state index contributed by atoms with van der Waals surface area (Å²) in [6.45, 7) is 4.41. The van der Waals surface area contributed by atoms with Gasteiger partial charge in [-0.05, 0) is 31.8 Å². The van der Waals surface area contributed by atoms with Crippen LogP contribution in [0.25, 0.3) is 0 Å². The summed E-state index contributed by atoms with van der Waals surface area (Å²) in [5.41, 5.74) is 0. The highest BCUT2D eigenvalue weighted by atomic mass is 127. The van der Waals surface area contributed by atoms with Crippen molar-refractivity contribution in [3.8, 4) is 0 Å². The zero-order valence-corrected chi connectivity index (χ0v) is 15.6. The highest BCUT2D eigenvalue weighted by molar-refractivity contribution is 14.0. The Morgan fingerprint density at radius 3 is 2.80 bits per heavy atom. The highest BCUT2D eigenvalue weighted by Crippen LogP contribution is 1.98. The molecule has 1 rings (SSSR count). The van der Waals surface area contributed by atoms with Crippen molar-refractivity contribution in [2.45, 2.75) is 26.3 Å². The Bertz CT molecular complexity index is 382. The van der Waals surface area contributed by atoms with Gasteiger partial charge in [-0.25, -0.2) is 4.99 Å². The Balaban J connectivity index is 0.00000361. The number of aromatic nitrogens is 3. The average Bonchev–Trinajstić information content (AvgIpc) is 2.81. The summed E-state index contributed by atoms with van der Waals surface area (Å²) in [7, 11) is 1.92. The minimum Gasteiger partial charge on any atom is -0.357 e. The first-order chi connectivity index (χ1) is 9.27. The monoisotopic (exact) mass is 412 g/mol. The number of guanidine groups is 1. The molecular weight excluding hydrogens is 387 g/mol. The third-order valence-electron chi connectivity index (χ3n) is 2.60. The summed E-state index contributed by atoms with van der Waals surface area (Å²) in [6, 6.07) is 0. The molecule has 1 aromatic rings. The van der Waals surface area contributed by atoms with E-state index in [1.54, 1.807) is 6.33 Å². The fourth-order valence-electron chi connectivity index (χ4n) is 1.52. The zero-order valence-electron chi connectivity index (χ0n) is 12.4. The van der Waals surface area contributed by atoms with Crippen LogP contribution in [0.4, 0.5) is 0 Å². The molecule has 0 saturated carbocycles. The van der Waals surface area contributed by atoms with Crippen LogP contribution < -0.4 is 10.6 Å². The molecule has 0 amide bonds. The van der Waals surface area contributed by atoms with Gasteiger partial charge in [0.15, 0.2) is 11.8 Å². The Labute approximate surface area is 142 Å². The average molecular weight is 412 g/mol. The Morgan fingerprint density at radius 2 is 2.20 bits per heavy atom. The molecule has 1 aromatic heterocycles. The van der Waals surface area contributed by atoms with E-state index >= 15 is 0 Å². The van der Waals surface area contributed by atoms with E-state index in [-0.39, 0.29) is 24.0 Å². The molecule has 0 atom stereocenters. The number of aryl methyl sites for hydroxylation is 1. The van der Waals surface area contributed by atoms with E-state index < -0.39 is 0 Å². The Kier molecular flexibility index (Phi) is 11.9. The predicted octanol–water partition coefficient (Wildman–Crippen LogP) is 1.63. The first-order valence-corrected chi connectivity index (χ1v) is 8.01. The van der Waals surface area contributed by atoms with Crippen LogP contribution in [0.5, 0.6) is 0 Å². The van der Waals surface area contributed by atoms with Gasteiger partial charge in [0, 0.05) is 20.1 Å². The number of thioether (sulfide) groups is 1. The number of hydrogen-bond acceptors (Lipinski definition) is 4. The summed E-state index contributed by atoms with van der Waals surface area (Å²) in [4.78, 5) is 4.50. The van der Waals surface area contributed by atoms with E-state index in [4.69, 9.17) is 0 Å². The maximum absolute atomic E-state index is 4.50. The molecule has 0 spiro atoms. The molecule has 0 aromatic carbocycles. The number of nitrogens with zero attached hydrogens (tertiary/aromatic N) is 4. The van der Waals surface area contributed by atoms with Crippen molar-refractivity contribution in [1.82, 2.24) is 25.4 Å². The topological polar surface area (TPSA) is 67.1 Å². The third-order valence-corrected chi connectivity index (χ3v) is 3.29. The lowest BCUT2D eigenvalue weighted by atomic mass is 10.3. The summed E-state index contributed by atoms with van der Waals surface area (Å²) in [6.07, 6.45) is 6.22. The largest absolute Gasteiger partial charge is 0.357 e. The molecule has 0 aliphatic carbocycles. The number of halogens is 1. The van der Waals surface area contributed by atoms with Gasteiger partial charge in [0.2, 0.25) is 0 Å². The molecular formula is C12H25IN6S. The van der Waals surface area contributed by atoms with Gasteiger partial charge in [-0.2, -0.15) is 11.8 Å². The van der Waals surface area contributed by atoms with Crippen molar-refractivity contribution in [3.05, 3.63) is 12.2 Å². The summed E-state index contributed by atoms with van der Waals surface area (Å²) < 4.78 is 1.88. The molecule has 0 aliphatic heterocycles. The molecule has 0 aliphatic rings. The second kappa shape index (κ2) is 12.2. The smallest absolute Gasteiger partial charge is 0.191 e. The van der Waals surface area contributed by atoms with Gasteiger partial charge in [0.25, 0.3) is 0 Å². The van der Waals surface area contributed by atoms with Crippen molar-refractivity contribution in [2.75, 3.05) is 25.1 Å². The molecule has 0 unspecified atom stereocenters. The standard InChI is InChI=1S/C12H24N6S.HI/c1-4-13-12(14-7-5-6-8-19-3)15-9-11-17-16-10-18(11)2;/h10H,4-9H2,1-3H3,(H2,13,14,15);1H. The fourth-order valence-corrected chi connectivity index (χ4v) is 2.01. The fraction of sp³-hybridized carbons (Fsp3) is 0.750. The third kappa shape index (κ3) is 7.93. The van der Waals surface area contributed by atoms with E-state index in [1.165, 1.54) is 12.2 Å². The lowest BCUT2D eigenvalue weighted by Gasteiger charge is -2.10. The molecule has 20 heavy (non-hydrogen) atoms. The summed E-state index contributed by atoms with van der Waals surface area (Å²) in [5.74, 6) is 2.92. The zero-order chi connectivity index (χ0) is 13.9. The summed E-state index contributed by atoms with van der Waals surface area (Å²) >= 11 is 1.89. The molecule has 0 saturated heterocycles. The van der Waals surface area contributed by atoms with Crippen LogP contribution in [0.15, 0.2) is 11.3 Å². The Morgan fingerprint density at radius 1 is 1.40 bits per heavy atom. The van der Waals surface area contributed by atoms with Crippen LogP contribution in [-0.4, -0.2) is 45.8 Å². The van der Waals surface area contributed by atoms with E-state index in [0.29, 0.717) is 6.54 Å². The Hall–Kier alpha value is -0.510. The van der Waals surface area contributed by atoms with Gasteiger partial charge in [-0.15, -0.1) is 34.2 Å². The number of hydrogen-bond donors (Lipinski definition) is 2. The lowest BCUT2D eigenvalue weighted by molar-refractivity contribution is 0.726. The number of unbranched alkanes of at least 4 members (excludes halogenated alkanes) is 1. The van der Waals surface area contributed by atoms with Crippen LogP contribution >= 0.6 is 35.7 Å². The molecule has 2 N–H and O–H groups in total. The number of aliphatic imine (C=N–C) groups is 1. The minimum atomic E-state index is 0. The molecule has 8 heteroatoms. The van der Waals surface area contributed by atoms with E-state index in [2.05, 4.69) is 39.0 Å². The molecule has 0 fully saturated rings. The van der Waals surface area contributed by atoms with Crippen LogP contribution in [0, 0.1) is 0 Å². The van der Waals surface area contributed by atoms with Gasteiger partial charge in [0.05, 0.1) is 0 Å². The maximum atomic E-state index is 4.50. The van der Waals surface area contributed by atoms with Crippen molar-refractivity contribution >= 4 is 41.7 Å². The number of rotatable bonds is 8. The highest BCUT2D eigenvalue weighted by Gasteiger charge is 2.01.